The van der Waals surface area contributed by atoms with Crippen LogP contribution in [0.3, 0.4) is 0 Å². The predicted octanol–water partition coefficient (Wildman–Crippen LogP) is 5.46. The summed E-state index contributed by atoms with van der Waals surface area (Å²) in [7, 11) is 0. The van der Waals surface area contributed by atoms with Crippen molar-refractivity contribution in [1.29, 1.82) is 0 Å². The predicted molar refractivity (Wildman–Crippen MR) is 108 cm³/mol. The molecule has 0 saturated heterocycles. The lowest BCUT2D eigenvalue weighted by molar-refractivity contribution is -0.118. The van der Waals surface area contributed by atoms with E-state index < -0.39 is 11.7 Å². The van der Waals surface area contributed by atoms with E-state index in [1.807, 2.05) is 30.3 Å². The summed E-state index contributed by atoms with van der Waals surface area (Å²) in [6.45, 7) is 0.986. The third-order valence-corrected chi connectivity index (χ3v) is 3.87. The number of ether oxygens (including phenoxy) is 1. The van der Waals surface area contributed by atoms with Crippen molar-refractivity contribution in [3.63, 3.8) is 0 Å². The summed E-state index contributed by atoms with van der Waals surface area (Å²) < 4.78 is 18.6. The molecule has 1 N–H and O–H groups in total. The van der Waals surface area contributed by atoms with E-state index in [9.17, 15) is 14.0 Å². The molecule has 3 aromatic rings. The SMILES string of the molecule is CC(=O)c1cc(F)ccc1OCC(=O)Nc1ccc(N=Nc2ccccc2)cc1. The zero-order chi connectivity index (χ0) is 20.6. The van der Waals surface area contributed by atoms with Gasteiger partial charge in [-0.1, -0.05) is 18.2 Å². The fourth-order valence-corrected chi connectivity index (χ4v) is 2.47. The quantitative estimate of drug-likeness (QED) is 0.429. The lowest BCUT2D eigenvalue weighted by Crippen LogP contribution is -2.20. The number of rotatable bonds is 7. The summed E-state index contributed by atoms with van der Waals surface area (Å²) in [6, 6.07) is 19.7. The molecule has 0 heterocycles. The number of azo groups is 1. The summed E-state index contributed by atoms with van der Waals surface area (Å²) in [5.41, 5.74) is 2.03. The van der Waals surface area contributed by atoms with Gasteiger partial charge in [-0.25, -0.2) is 4.39 Å². The largest absolute Gasteiger partial charge is 0.483 e. The van der Waals surface area contributed by atoms with E-state index in [0.717, 1.165) is 11.8 Å². The van der Waals surface area contributed by atoms with Crippen LogP contribution >= 0.6 is 0 Å². The molecule has 6 nitrogen and oxygen atoms in total. The number of carbonyl (C=O) groups excluding carboxylic acids is 2. The molecule has 1 amide bonds. The molecule has 0 aliphatic rings. The van der Waals surface area contributed by atoms with E-state index >= 15 is 0 Å². The molecule has 0 radical (unpaired) electrons. The molecule has 0 spiro atoms. The van der Waals surface area contributed by atoms with E-state index in [-0.39, 0.29) is 23.7 Å². The highest BCUT2D eigenvalue weighted by Gasteiger charge is 2.12. The highest BCUT2D eigenvalue weighted by Crippen LogP contribution is 2.21. The van der Waals surface area contributed by atoms with Gasteiger partial charge < -0.3 is 10.1 Å². The number of nitrogens with zero attached hydrogens (tertiary/aromatic N) is 2. The van der Waals surface area contributed by atoms with Gasteiger partial charge in [-0.2, -0.15) is 10.2 Å². The Morgan fingerprint density at radius 3 is 2.24 bits per heavy atom. The third kappa shape index (κ3) is 5.80. The molecule has 3 rings (SSSR count). The fraction of sp³-hybridized carbons (Fsp3) is 0.0909. The van der Waals surface area contributed by atoms with Gasteiger partial charge in [0.15, 0.2) is 12.4 Å². The fourth-order valence-electron chi connectivity index (χ4n) is 2.47. The molecule has 0 aromatic heterocycles. The number of benzene rings is 3. The minimum atomic E-state index is -0.545. The number of ketones is 1. The van der Waals surface area contributed by atoms with Crippen LogP contribution in [0, 0.1) is 5.82 Å². The average molecular weight is 391 g/mol. The van der Waals surface area contributed by atoms with Gasteiger partial charge in [-0.05, 0) is 61.5 Å². The van der Waals surface area contributed by atoms with Crippen LogP contribution in [-0.2, 0) is 4.79 Å². The first-order chi connectivity index (χ1) is 14.0. The summed E-state index contributed by atoms with van der Waals surface area (Å²) in [5, 5.41) is 10.9. The Bertz CT molecular complexity index is 1030. The van der Waals surface area contributed by atoms with Gasteiger partial charge >= 0.3 is 0 Å². The van der Waals surface area contributed by atoms with Gasteiger partial charge in [0.05, 0.1) is 16.9 Å². The van der Waals surface area contributed by atoms with Crippen LogP contribution in [0.25, 0.3) is 0 Å². The van der Waals surface area contributed by atoms with Crippen molar-refractivity contribution in [3.05, 3.63) is 84.2 Å². The number of nitrogens with one attached hydrogen (secondary N) is 1. The van der Waals surface area contributed by atoms with Gasteiger partial charge in [0.1, 0.15) is 11.6 Å². The van der Waals surface area contributed by atoms with Gasteiger partial charge in [-0.3, -0.25) is 9.59 Å². The summed E-state index contributed by atoms with van der Waals surface area (Å²) in [5.74, 6) is -1.15. The maximum absolute atomic E-state index is 13.3. The molecular formula is C22H18FN3O3. The van der Waals surface area contributed by atoms with Crippen LogP contribution < -0.4 is 10.1 Å². The van der Waals surface area contributed by atoms with Gasteiger partial charge in [0.25, 0.3) is 5.91 Å². The first-order valence-electron chi connectivity index (χ1n) is 8.81. The van der Waals surface area contributed by atoms with E-state index in [0.29, 0.717) is 11.4 Å². The topological polar surface area (TPSA) is 80.1 Å². The molecule has 0 aliphatic carbocycles. The van der Waals surface area contributed by atoms with E-state index in [1.165, 1.54) is 19.1 Å². The van der Waals surface area contributed by atoms with Gasteiger partial charge in [0.2, 0.25) is 0 Å². The lowest BCUT2D eigenvalue weighted by atomic mass is 10.1. The van der Waals surface area contributed by atoms with Crippen LogP contribution in [0.1, 0.15) is 17.3 Å². The molecule has 7 heteroatoms. The van der Waals surface area contributed by atoms with Crippen LogP contribution in [0.4, 0.5) is 21.5 Å². The molecule has 0 fully saturated rings. The molecule has 3 aromatic carbocycles. The Labute approximate surface area is 167 Å². The van der Waals surface area contributed by atoms with Crippen molar-refractivity contribution in [1.82, 2.24) is 0 Å². The normalized spacial score (nSPS) is 10.7. The van der Waals surface area contributed by atoms with Crippen molar-refractivity contribution in [2.45, 2.75) is 6.92 Å². The van der Waals surface area contributed by atoms with Crippen LogP contribution in [0.5, 0.6) is 5.75 Å². The molecule has 0 aliphatic heterocycles. The average Bonchev–Trinajstić information content (AvgIpc) is 2.73. The molecule has 29 heavy (non-hydrogen) atoms. The molecule has 146 valence electrons. The number of Topliss-reactive ketones (excluding diaryl/α,β-unsaturated/α-hetero) is 1. The second kappa shape index (κ2) is 9.36. The number of amides is 1. The molecular weight excluding hydrogens is 373 g/mol. The Kier molecular flexibility index (Phi) is 6.42. The van der Waals surface area contributed by atoms with E-state index in [1.54, 1.807) is 24.3 Å². The highest BCUT2D eigenvalue weighted by molar-refractivity contribution is 5.97. The Hall–Kier alpha value is -3.87. The smallest absolute Gasteiger partial charge is 0.262 e. The van der Waals surface area contributed by atoms with Gasteiger partial charge in [-0.15, -0.1) is 0 Å². The number of hydrogen-bond acceptors (Lipinski definition) is 5. The van der Waals surface area contributed by atoms with Crippen LogP contribution in [-0.4, -0.2) is 18.3 Å². The maximum Gasteiger partial charge on any atom is 0.262 e. The second-order valence-electron chi connectivity index (χ2n) is 6.12. The lowest BCUT2D eigenvalue weighted by Gasteiger charge is -2.10. The monoisotopic (exact) mass is 391 g/mol. The third-order valence-electron chi connectivity index (χ3n) is 3.87. The van der Waals surface area contributed by atoms with Crippen molar-refractivity contribution in [2.24, 2.45) is 10.2 Å². The first-order valence-corrected chi connectivity index (χ1v) is 8.81. The minimum absolute atomic E-state index is 0.0888. The van der Waals surface area contributed by atoms with Crippen LogP contribution in [0.15, 0.2) is 83.0 Å². The molecule has 0 unspecified atom stereocenters. The number of halogens is 1. The van der Waals surface area contributed by atoms with Crippen LogP contribution in [0.2, 0.25) is 0 Å². The van der Waals surface area contributed by atoms with Crippen molar-refractivity contribution < 1.29 is 18.7 Å². The number of hydrogen-bond donors (Lipinski definition) is 1. The second-order valence-corrected chi connectivity index (χ2v) is 6.12. The van der Waals surface area contributed by atoms with E-state index in [4.69, 9.17) is 4.74 Å². The highest BCUT2D eigenvalue weighted by atomic mass is 19.1. The zero-order valence-electron chi connectivity index (χ0n) is 15.6. The summed E-state index contributed by atoms with van der Waals surface area (Å²) in [4.78, 5) is 23.7. The first kappa shape index (κ1) is 19.9. The van der Waals surface area contributed by atoms with Gasteiger partial charge in [0, 0.05) is 5.69 Å². The van der Waals surface area contributed by atoms with Crippen molar-refractivity contribution >= 4 is 28.8 Å². The Morgan fingerprint density at radius 1 is 0.931 bits per heavy atom. The maximum atomic E-state index is 13.3. The Balaban J connectivity index is 1.56. The number of anilines is 1. The molecule has 0 atom stereocenters. The molecule has 0 bridgehead atoms. The summed E-state index contributed by atoms with van der Waals surface area (Å²) in [6.07, 6.45) is 0. The Morgan fingerprint density at radius 2 is 1.59 bits per heavy atom. The standard InChI is InChI=1S/C22H18FN3O3/c1-15(27)20-13-16(23)7-12-21(20)29-14-22(28)24-17-8-10-19(11-9-17)26-25-18-5-3-2-4-6-18/h2-13H,14H2,1H3,(H,24,28). The number of carbonyl (C=O) groups is 2. The molecule has 0 saturated carbocycles. The van der Waals surface area contributed by atoms with E-state index in [2.05, 4.69) is 15.5 Å². The summed E-state index contributed by atoms with van der Waals surface area (Å²) >= 11 is 0. The van der Waals surface area contributed by atoms with Crippen molar-refractivity contribution in [3.8, 4) is 5.75 Å². The zero-order valence-corrected chi connectivity index (χ0v) is 15.6. The minimum Gasteiger partial charge on any atom is -0.483 e. The van der Waals surface area contributed by atoms with Crippen molar-refractivity contribution in [2.75, 3.05) is 11.9 Å².